The van der Waals surface area contributed by atoms with Gasteiger partial charge < -0.3 is 47.2 Å². The predicted molar refractivity (Wildman–Crippen MR) is 156 cm³/mol. The minimum Gasteiger partial charge on any atom is -0.508 e. The quantitative estimate of drug-likeness (QED) is 0.111. The molecule has 14 heteroatoms. The van der Waals surface area contributed by atoms with Gasteiger partial charge in [0.05, 0.1) is 12.1 Å². The number of hydrogen-bond acceptors (Lipinski definition) is 9. The van der Waals surface area contributed by atoms with Crippen molar-refractivity contribution in [3.8, 4) is 5.75 Å². The Labute approximate surface area is 250 Å². The van der Waals surface area contributed by atoms with Crippen LogP contribution in [0.3, 0.4) is 0 Å². The third-order valence-electron chi connectivity index (χ3n) is 7.83. The van der Waals surface area contributed by atoms with Crippen LogP contribution in [-0.2, 0) is 30.4 Å². The van der Waals surface area contributed by atoms with Gasteiger partial charge in [-0.3, -0.25) is 19.2 Å². The number of aromatic hydroxyl groups is 1. The van der Waals surface area contributed by atoms with Gasteiger partial charge in [0.1, 0.15) is 29.9 Å². The third-order valence-corrected chi connectivity index (χ3v) is 7.83. The molecule has 1 aromatic carbocycles. The van der Waals surface area contributed by atoms with E-state index >= 15 is 0 Å². The largest absolute Gasteiger partial charge is 0.508 e. The molecule has 2 aliphatic rings. The average Bonchev–Trinajstić information content (AvgIpc) is 3.68. The number of hydrogen-bond donors (Lipinski definition) is 8. The molecule has 4 amide bonds. The number of benzene rings is 1. The first kappa shape index (κ1) is 33.7. The molecule has 0 radical (unpaired) electrons. The molecule has 6 atom stereocenters. The molecule has 43 heavy (non-hydrogen) atoms. The summed E-state index contributed by atoms with van der Waals surface area (Å²) in [5.41, 5.74) is 6.10. The minimum atomic E-state index is -1.34. The number of aliphatic hydroxyl groups is 1. The van der Waals surface area contributed by atoms with E-state index in [0.717, 1.165) is 6.42 Å². The number of nitrogens with one attached hydrogen (secondary N) is 4. The summed E-state index contributed by atoms with van der Waals surface area (Å²) in [6.45, 7) is 2.64. The summed E-state index contributed by atoms with van der Waals surface area (Å²) in [4.78, 5) is 66.3. The third kappa shape index (κ3) is 9.63. The number of unbranched alkanes of at least 4 members (excludes halogenated alkanes) is 1. The average molecular weight is 605 g/mol. The van der Waals surface area contributed by atoms with Crippen LogP contribution in [0.15, 0.2) is 24.3 Å². The van der Waals surface area contributed by atoms with Gasteiger partial charge >= 0.3 is 5.97 Å². The second kappa shape index (κ2) is 16.2. The second-order valence-electron chi connectivity index (χ2n) is 11.2. The van der Waals surface area contributed by atoms with Gasteiger partial charge in [-0.1, -0.05) is 12.1 Å². The van der Waals surface area contributed by atoms with Crippen LogP contribution in [0.5, 0.6) is 5.75 Å². The summed E-state index contributed by atoms with van der Waals surface area (Å²) in [5.74, 6) is -3.54. The summed E-state index contributed by atoms with van der Waals surface area (Å²) < 4.78 is 0. The number of likely N-dealkylation sites (tertiary alicyclic amines) is 1. The van der Waals surface area contributed by atoms with Crippen molar-refractivity contribution in [2.24, 2.45) is 5.73 Å². The van der Waals surface area contributed by atoms with E-state index in [1.807, 2.05) is 0 Å². The van der Waals surface area contributed by atoms with Crippen molar-refractivity contribution in [1.29, 1.82) is 0 Å². The van der Waals surface area contributed by atoms with Gasteiger partial charge in [-0.25, -0.2) is 4.79 Å². The standard InChI is InChI=1S/C29H44N6O8/c1-17(36)24(34-25(38)20-7-4-14-31-20)27(40)33-22(16-18-9-11-19(37)12-10-18)28(41)35-15-5-8-23(35)26(39)32-21(29(42)43)6-2-3-13-30/h9-12,17,20-24,31,36-37H,2-8,13-16,30H2,1H3,(H,32,39)(H,33,40)(H,34,38)(H,42,43)/t17-,20+,21+,22+,23+,24+/m1/s1. The Morgan fingerprint density at radius 1 is 1.00 bits per heavy atom. The Hall–Kier alpha value is -3.75. The minimum absolute atomic E-state index is 0.00279. The molecule has 2 saturated heterocycles. The van der Waals surface area contributed by atoms with Gasteiger partial charge in [-0.15, -0.1) is 0 Å². The maximum atomic E-state index is 13.9. The van der Waals surface area contributed by atoms with Gasteiger partial charge in [0.15, 0.2) is 0 Å². The number of carboxylic acids is 1. The predicted octanol–water partition coefficient (Wildman–Crippen LogP) is -1.27. The van der Waals surface area contributed by atoms with E-state index in [1.165, 1.54) is 24.0 Å². The van der Waals surface area contributed by atoms with E-state index in [-0.39, 0.29) is 25.1 Å². The number of phenols is 1. The number of amides is 4. The summed E-state index contributed by atoms with van der Waals surface area (Å²) in [6.07, 6.45) is 2.25. The molecule has 2 fully saturated rings. The molecule has 0 saturated carbocycles. The summed E-state index contributed by atoms with van der Waals surface area (Å²) in [6, 6.07) is 0.975. The molecule has 2 heterocycles. The van der Waals surface area contributed by atoms with E-state index in [4.69, 9.17) is 5.73 Å². The van der Waals surface area contributed by atoms with Crippen molar-refractivity contribution in [3.05, 3.63) is 29.8 Å². The van der Waals surface area contributed by atoms with Gasteiger partial charge in [0, 0.05) is 13.0 Å². The van der Waals surface area contributed by atoms with Crippen molar-refractivity contribution >= 4 is 29.6 Å². The molecule has 14 nitrogen and oxygen atoms in total. The van der Waals surface area contributed by atoms with Crippen LogP contribution in [0.1, 0.15) is 57.4 Å². The fourth-order valence-electron chi connectivity index (χ4n) is 5.42. The number of nitrogens with zero attached hydrogens (tertiary/aromatic N) is 1. The molecule has 3 rings (SSSR count). The van der Waals surface area contributed by atoms with Crippen molar-refractivity contribution in [2.75, 3.05) is 19.6 Å². The molecular weight excluding hydrogens is 560 g/mol. The van der Waals surface area contributed by atoms with Gasteiger partial charge in [0.2, 0.25) is 23.6 Å². The lowest BCUT2D eigenvalue weighted by molar-refractivity contribution is -0.145. The zero-order valence-corrected chi connectivity index (χ0v) is 24.5. The number of aliphatic carboxylic acids is 1. The molecule has 2 aliphatic heterocycles. The fourth-order valence-corrected chi connectivity index (χ4v) is 5.42. The van der Waals surface area contributed by atoms with Crippen LogP contribution in [0.2, 0.25) is 0 Å². The van der Waals surface area contributed by atoms with E-state index in [1.54, 1.807) is 12.1 Å². The number of carbonyl (C=O) groups is 5. The number of carboxylic acid groups (broad SMARTS) is 1. The lowest BCUT2D eigenvalue weighted by atomic mass is 10.0. The van der Waals surface area contributed by atoms with Crippen LogP contribution in [0.25, 0.3) is 0 Å². The molecule has 1 aromatic rings. The Kier molecular flexibility index (Phi) is 12.7. The van der Waals surface area contributed by atoms with Crippen molar-refractivity contribution in [1.82, 2.24) is 26.2 Å². The number of phenolic OH excluding ortho intramolecular Hbond substituents is 1. The van der Waals surface area contributed by atoms with E-state index in [9.17, 15) is 39.3 Å². The maximum Gasteiger partial charge on any atom is 0.326 e. The Morgan fingerprint density at radius 3 is 2.33 bits per heavy atom. The molecule has 0 aliphatic carbocycles. The number of nitrogens with two attached hydrogens (primary N) is 1. The molecule has 0 spiro atoms. The van der Waals surface area contributed by atoms with Gasteiger partial charge in [-0.2, -0.15) is 0 Å². The fraction of sp³-hybridized carbons (Fsp3) is 0.621. The normalized spacial score (nSPS) is 21.0. The summed E-state index contributed by atoms with van der Waals surface area (Å²) in [7, 11) is 0. The van der Waals surface area contributed by atoms with Crippen LogP contribution in [0, 0.1) is 0 Å². The zero-order valence-electron chi connectivity index (χ0n) is 24.5. The molecule has 238 valence electrons. The lowest BCUT2D eigenvalue weighted by Crippen LogP contribution is -2.60. The van der Waals surface area contributed by atoms with E-state index < -0.39 is 65.9 Å². The number of carbonyl (C=O) groups excluding carboxylic acids is 4. The monoisotopic (exact) mass is 604 g/mol. The van der Waals surface area contributed by atoms with Crippen LogP contribution < -0.4 is 27.0 Å². The highest BCUT2D eigenvalue weighted by molar-refractivity contribution is 5.96. The SMILES string of the molecule is C[C@@H](O)[C@H](NC(=O)[C@@H]1CCCN1)C(=O)N[C@@H](Cc1ccc(O)cc1)C(=O)N1CCC[C@H]1C(=O)N[C@@H](CCCCN)C(=O)O. The topological polar surface area (TPSA) is 223 Å². The highest BCUT2D eigenvalue weighted by Crippen LogP contribution is 2.21. The van der Waals surface area contributed by atoms with E-state index in [2.05, 4.69) is 21.3 Å². The Bertz CT molecular complexity index is 1120. The Morgan fingerprint density at radius 2 is 1.72 bits per heavy atom. The zero-order chi connectivity index (χ0) is 31.5. The molecule has 0 bridgehead atoms. The number of aliphatic hydroxyl groups excluding tert-OH is 1. The first-order valence-electron chi connectivity index (χ1n) is 14.9. The Balaban J connectivity index is 1.78. The first-order chi connectivity index (χ1) is 20.5. The van der Waals surface area contributed by atoms with Crippen molar-refractivity contribution in [3.63, 3.8) is 0 Å². The van der Waals surface area contributed by atoms with Crippen molar-refractivity contribution < 1.29 is 39.3 Å². The van der Waals surface area contributed by atoms with E-state index in [0.29, 0.717) is 50.8 Å². The lowest BCUT2D eigenvalue weighted by Gasteiger charge is -2.31. The summed E-state index contributed by atoms with van der Waals surface area (Å²) in [5, 5.41) is 40.5. The molecular formula is C29H44N6O8. The maximum absolute atomic E-state index is 13.9. The van der Waals surface area contributed by atoms with Crippen LogP contribution in [-0.4, -0.2) is 106 Å². The van der Waals surface area contributed by atoms with Crippen molar-refractivity contribution in [2.45, 2.75) is 94.6 Å². The van der Waals surface area contributed by atoms with Gasteiger partial charge in [-0.05, 0) is 82.7 Å². The molecule has 0 aromatic heterocycles. The highest BCUT2D eigenvalue weighted by Gasteiger charge is 2.40. The first-order valence-corrected chi connectivity index (χ1v) is 14.9. The summed E-state index contributed by atoms with van der Waals surface area (Å²) >= 11 is 0. The van der Waals surface area contributed by atoms with Gasteiger partial charge in [0.25, 0.3) is 0 Å². The molecule has 9 N–H and O–H groups in total. The van der Waals surface area contributed by atoms with Crippen LogP contribution in [0.4, 0.5) is 0 Å². The highest BCUT2D eigenvalue weighted by atomic mass is 16.4. The number of rotatable bonds is 15. The molecule has 0 unspecified atom stereocenters. The second-order valence-corrected chi connectivity index (χ2v) is 11.2. The smallest absolute Gasteiger partial charge is 0.326 e. The van der Waals surface area contributed by atoms with Crippen LogP contribution >= 0.6 is 0 Å².